The van der Waals surface area contributed by atoms with Crippen LogP contribution in [0.25, 0.3) is 10.2 Å². The van der Waals surface area contributed by atoms with Crippen LogP contribution in [0.4, 0.5) is 18.3 Å². The van der Waals surface area contributed by atoms with Gasteiger partial charge >= 0.3 is 6.36 Å². The topological polar surface area (TPSA) is 110 Å². The van der Waals surface area contributed by atoms with E-state index in [0.717, 1.165) is 28.5 Å². The van der Waals surface area contributed by atoms with Crippen molar-refractivity contribution in [3.05, 3.63) is 59.7 Å². The maximum atomic E-state index is 13.0. The third kappa shape index (κ3) is 6.93. The number of carbonyl (C=O) groups excluding carboxylic acids is 1. The average Bonchev–Trinajstić information content (AvgIpc) is 3.69. The van der Waals surface area contributed by atoms with E-state index in [0.29, 0.717) is 51.1 Å². The van der Waals surface area contributed by atoms with Gasteiger partial charge < -0.3 is 33.3 Å². The summed E-state index contributed by atoms with van der Waals surface area (Å²) in [6.45, 7) is -0.368. The number of methoxy groups -OCH3 is 4. The first-order chi connectivity index (χ1) is 21.5. The van der Waals surface area contributed by atoms with Gasteiger partial charge in [0.05, 0.1) is 44.4 Å². The van der Waals surface area contributed by atoms with Crippen molar-refractivity contribution in [1.82, 2.24) is 4.98 Å². The van der Waals surface area contributed by atoms with Crippen LogP contribution >= 0.6 is 11.3 Å². The molecular weight excluding hydrogens is 619 g/mol. The standard InChI is InChI=1S/C30H28F3N3O8S/c1-36(29-34-19-8-7-18(13-26(19)45-29)43-30(31,32)33)27(37)15-42-23-10-16(6-9-21(23)38-2)22-14-20(35-44-22)17-11-24(39-3)28(41-5)25(12-17)40-4/h6-13,22H,14-15H2,1-5H3. The Morgan fingerprint density at radius 3 is 2.31 bits per heavy atom. The summed E-state index contributed by atoms with van der Waals surface area (Å²) >= 11 is 1.04. The number of hydrogen-bond donors (Lipinski definition) is 0. The zero-order valence-electron chi connectivity index (χ0n) is 24.8. The van der Waals surface area contributed by atoms with Crippen molar-refractivity contribution in [2.24, 2.45) is 5.16 Å². The van der Waals surface area contributed by atoms with Gasteiger partial charge in [-0.2, -0.15) is 0 Å². The lowest BCUT2D eigenvalue weighted by molar-refractivity contribution is -0.274. The molecule has 1 unspecified atom stereocenters. The number of likely N-dealkylation sites (N-methyl/N-ethyl adjacent to an activating group) is 1. The number of amides is 1. The highest BCUT2D eigenvalue weighted by Crippen LogP contribution is 2.41. The Hall–Kier alpha value is -4.92. The van der Waals surface area contributed by atoms with Crippen molar-refractivity contribution in [2.45, 2.75) is 18.9 Å². The van der Waals surface area contributed by atoms with E-state index >= 15 is 0 Å². The molecule has 0 bridgehead atoms. The van der Waals surface area contributed by atoms with E-state index in [1.807, 2.05) is 6.07 Å². The smallest absolute Gasteiger partial charge is 0.493 e. The zero-order chi connectivity index (χ0) is 32.3. The van der Waals surface area contributed by atoms with Gasteiger partial charge in [-0.15, -0.1) is 13.2 Å². The first-order valence-corrected chi connectivity index (χ1v) is 14.1. The SMILES string of the molecule is COc1ccc(C2CC(c3cc(OC)c(OC)c(OC)c3)=NO2)cc1OCC(=O)N(C)c1nc2ccc(OC(F)(F)F)cc2s1. The highest BCUT2D eigenvalue weighted by molar-refractivity contribution is 7.22. The van der Waals surface area contributed by atoms with Gasteiger partial charge in [0, 0.05) is 25.1 Å². The molecule has 1 aliphatic rings. The first-order valence-electron chi connectivity index (χ1n) is 13.3. The number of ether oxygens (including phenoxy) is 6. The number of hydrogen-bond acceptors (Lipinski definition) is 11. The number of nitrogens with zero attached hydrogens (tertiary/aromatic N) is 3. The van der Waals surface area contributed by atoms with Gasteiger partial charge in [0.15, 0.2) is 40.8 Å². The quantitative estimate of drug-likeness (QED) is 0.190. The molecule has 1 aliphatic heterocycles. The molecule has 1 aromatic heterocycles. The highest BCUT2D eigenvalue weighted by Gasteiger charge is 2.31. The summed E-state index contributed by atoms with van der Waals surface area (Å²) in [5.74, 6) is 1.32. The number of carbonyl (C=O) groups is 1. The Balaban J connectivity index is 1.27. The third-order valence-corrected chi connectivity index (χ3v) is 7.92. The number of thiazole rings is 1. The predicted octanol–water partition coefficient (Wildman–Crippen LogP) is 6.14. The molecule has 1 atom stereocenters. The number of halogens is 3. The summed E-state index contributed by atoms with van der Waals surface area (Å²) in [6, 6.07) is 12.6. The Bertz CT molecular complexity index is 1720. The molecule has 0 saturated carbocycles. The normalized spacial score (nSPS) is 14.4. The fourth-order valence-corrected chi connectivity index (χ4v) is 5.53. The molecule has 0 saturated heterocycles. The average molecular weight is 648 g/mol. The van der Waals surface area contributed by atoms with Gasteiger partial charge in [0.25, 0.3) is 5.91 Å². The van der Waals surface area contributed by atoms with Crippen LogP contribution in [-0.2, 0) is 9.63 Å². The minimum Gasteiger partial charge on any atom is -0.493 e. The third-order valence-electron chi connectivity index (χ3n) is 6.82. The van der Waals surface area contributed by atoms with Crippen molar-refractivity contribution < 1.29 is 51.2 Å². The fourth-order valence-electron chi connectivity index (χ4n) is 4.56. The molecule has 2 heterocycles. The Morgan fingerprint density at radius 2 is 1.67 bits per heavy atom. The molecule has 4 aromatic rings. The molecule has 1 amide bonds. The summed E-state index contributed by atoms with van der Waals surface area (Å²) in [4.78, 5) is 24.4. The maximum absolute atomic E-state index is 13.0. The summed E-state index contributed by atoms with van der Waals surface area (Å²) in [5.41, 5.74) is 2.57. The lowest BCUT2D eigenvalue weighted by Crippen LogP contribution is -2.31. The van der Waals surface area contributed by atoms with Gasteiger partial charge in [-0.05, 0) is 42.0 Å². The summed E-state index contributed by atoms with van der Waals surface area (Å²) in [5, 5.41) is 4.55. The van der Waals surface area contributed by atoms with Crippen molar-refractivity contribution in [1.29, 1.82) is 0 Å². The van der Waals surface area contributed by atoms with Crippen molar-refractivity contribution >= 4 is 38.3 Å². The number of rotatable bonds is 11. The van der Waals surface area contributed by atoms with Crippen LogP contribution in [0, 0.1) is 0 Å². The van der Waals surface area contributed by atoms with E-state index < -0.39 is 18.4 Å². The van der Waals surface area contributed by atoms with Crippen LogP contribution in [0.2, 0.25) is 0 Å². The lowest BCUT2D eigenvalue weighted by Gasteiger charge is -2.17. The first kappa shape index (κ1) is 31.5. The predicted molar refractivity (Wildman–Crippen MR) is 159 cm³/mol. The van der Waals surface area contributed by atoms with E-state index in [9.17, 15) is 18.0 Å². The number of benzene rings is 3. The van der Waals surface area contributed by atoms with E-state index in [1.165, 1.54) is 52.5 Å². The van der Waals surface area contributed by atoms with Gasteiger partial charge in [-0.25, -0.2) is 4.98 Å². The molecule has 0 fully saturated rings. The Labute approximate surface area is 259 Å². The second-order valence-corrected chi connectivity index (χ2v) is 10.6. The van der Waals surface area contributed by atoms with Crippen LogP contribution in [0.5, 0.6) is 34.5 Å². The van der Waals surface area contributed by atoms with E-state index in [2.05, 4.69) is 14.9 Å². The molecule has 0 radical (unpaired) electrons. The van der Waals surface area contributed by atoms with Crippen molar-refractivity contribution in [2.75, 3.05) is 47.0 Å². The van der Waals surface area contributed by atoms with Crippen LogP contribution in [-0.4, -0.2) is 65.1 Å². The monoisotopic (exact) mass is 647 g/mol. The van der Waals surface area contributed by atoms with Gasteiger partial charge in [-0.1, -0.05) is 22.6 Å². The lowest BCUT2D eigenvalue weighted by atomic mass is 9.99. The van der Waals surface area contributed by atoms with E-state index in [-0.39, 0.29) is 17.5 Å². The summed E-state index contributed by atoms with van der Waals surface area (Å²) in [7, 11) is 7.57. The van der Waals surface area contributed by atoms with E-state index in [4.69, 9.17) is 28.5 Å². The fraction of sp³-hybridized carbons (Fsp3) is 0.300. The maximum Gasteiger partial charge on any atom is 0.573 e. The largest absolute Gasteiger partial charge is 0.573 e. The molecule has 5 rings (SSSR count). The van der Waals surface area contributed by atoms with Gasteiger partial charge in [0.1, 0.15) is 5.75 Å². The van der Waals surface area contributed by atoms with Gasteiger partial charge in [0.2, 0.25) is 5.75 Å². The molecule has 238 valence electrons. The number of fused-ring (bicyclic) bond motifs is 1. The molecule has 0 aliphatic carbocycles. The second kappa shape index (κ2) is 13.0. The summed E-state index contributed by atoms with van der Waals surface area (Å²) < 4.78 is 69.8. The Morgan fingerprint density at radius 1 is 0.956 bits per heavy atom. The molecule has 0 N–H and O–H groups in total. The molecular formula is C30H28F3N3O8S. The number of aromatic nitrogens is 1. The second-order valence-electron chi connectivity index (χ2n) is 9.58. The minimum absolute atomic E-state index is 0.277. The Kier molecular flexibility index (Phi) is 9.09. The number of alkyl halides is 3. The zero-order valence-corrected chi connectivity index (χ0v) is 25.6. The molecule has 3 aromatic carbocycles. The number of anilines is 1. The summed E-state index contributed by atoms with van der Waals surface area (Å²) in [6.07, 6.45) is -4.83. The van der Waals surface area contributed by atoms with Crippen molar-refractivity contribution in [3.8, 4) is 34.5 Å². The minimum atomic E-state index is -4.82. The van der Waals surface area contributed by atoms with Crippen LogP contribution in [0.1, 0.15) is 23.7 Å². The van der Waals surface area contributed by atoms with Crippen LogP contribution in [0.3, 0.4) is 0 Å². The molecule has 11 nitrogen and oxygen atoms in total. The van der Waals surface area contributed by atoms with E-state index in [1.54, 1.807) is 24.3 Å². The number of oxime groups is 1. The van der Waals surface area contributed by atoms with Crippen LogP contribution in [0.15, 0.2) is 53.7 Å². The van der Waals surface area contributed by atoms with Crippen molar-refractivity contribution in [3.63, 3.8) is 0 Å². The molecule has 0 spiro atoms. The van der Waals surface area contributed by atoms with Crippen LogP contribution < -0.4 is 33.3 Å². The molecule has 45 heavy (non-hydrogen) atoms. The van der Waals surface area contributed by atoms with Gasteiger partial charge in [-0.3, -0.25) is 9.69 Å². The highest BCUT2D eigenvalue weighted by atomic mass is 32.1. The molecule has 15 heteroatoms.